The van der Waals surface area contributed by atoms with Crippen LogP contribution in [-0.4, -0.2) is 23.9 Å². The van der Waals surface area contributed by atoms with Crippen molar-refractivity contribution in [1.29, 1.82) is 0 Å². The average molecular weight is 640 g/mol. The molecule has 0 N–H and O–H groups in total. The highest BCUT2D eigenvalue weighted by Crippen LogP contribution is 2.50. The standard InChI is InChI=1S/C10H8Br6O2/c11-1-3-17-9-5(13)7(15)10(18-4-2-12)8(16)6(9)14/h1-4H2. The first-order valence-electron chi connectivity index (χ1n) is 4.78. The molecule has 0 unspecified atom stereocenters. The second-order valence-corrected chi connectivity index (χ2v) is 7.75. The summed E-state index contributed by atoms with van der Waals surface area (Å²) >= 11 is 20.7. The number of rotatable bonds is 6. The molecule has 0 saturated heterocycles. The van der Waals surface area contributed by atoms with Gasteiger partial charge < -0.3 is 9.47 Å². The lowest BCUT2D eigenvalue weighted by Gasteiger charge is -2.17. The van der Waals surface area contributed by atoms with Crippen molar-refractivity contribution in [2.45, 2.75) is 0 Å². The summed E-state index contributed by atoms with van der Waals surface area (Å²) in [6.07, 6.45) is 0. The quantitative estimate of drug-likeness (QED) is 0.270. The van der Waals surface area contributed by atoms with Crippen LogP contribution in [-0.2, 0) is 0 Å². The van der Waals surface area contributed by atoms with Crippen LogP contribution in [0.5, 0.6) is 11.5 Å². The van der Waals surface area contributed by atoms with E-state index in [2.05, 4.69) is 95.6 Å². The Morgan fingerprint density at radius 3 is 1.11 bits per heavy atom. The second kappa shape index (κ2) is 8.87. The maximum atomic E-state index is 5.67. The van der Waals surface area contributed by atoms with Crippen LogP contribution in [0.4, 0.5) is 0 Å². The minimum absolute atomic E-state index is 0.581. The number of hydrogen-bond acceptors (Lipinski definition) is 2. The van der Waals surface area contributed by atoms with Gasteiger partial charge in [0.2, 0.25) is 0 Å². The molecule has 0 fully saturated rings. The summed E-state index contributed by atoms with van der Waals surface area (Å²) in [5.41, 5.74) is 0. The van der Waals surface area contributed by atoms with Crippen LogP contribution in [0.3, 0.4) is 0 Å². The van der Waals surface area contributed by atoms with Crippen LogP contribution in [0.2, 0.25) is 0 Å². The van der Waals surface area contributed by atoms with Crippen LogP contribution < -0.4 is 9.47 Å². The molecule has 1 rings (SSSR count). The van der Waals surface area contributed by atoms with Crippen molar-refractivity contribution in [3.63, 3.8) is 0 Å². The normalized spacial score (nSPS) is 10.6. The van der Waals surface area contributed by atoms with E-state index in [-0.39, 0.29) is 0 Å². The smallest absolute Gasteiger partial charge is 0.150 e. The van der Waals surface area contributed by atoms with Gasteiger partial charge in [0.1, 0.15) is 11.5 Å². The molecule has 0 amide bonds. The van der Waals surface area contributed by atoms with Crippen molar-refractivity contribution in [2.75, 3.05) is 23.9 Å². The summed E-state index contributed by atoms with van der Waals surface area (Å²) < 4.78 is 14.6. The first-order valence-corrected chi connectivity index (χ1v) is 10.2. The van der Waals surface area contributed by atoms with E-state index in [4.69, 9.17) is 9.47 Å². The SMILES string of the molecule is BrCCOc1c(Br)c(Br)c(OCCBr)c(Br)c1Br. The van der Waals surface area contributed by atoms with E-state index in [1.54, 1.807) is 0 Å². The number of halogens is 6. The molecule has 1 aromatic rings. The third kappa shape index (κ3) is 4.35. The van der Waals surface area contributed by atoms with Gasteiger partial charge in [-0.05, 0) is 63.7 Å². The molecule has 0 bridgehead atoms. The van der Waals surface area contributed by atoms with E-state index >= 15 is 0 Å². The molecule has 0 radical (unpaired) electrons. The van der Waals surface area contributed by atoms with Gasteiger partial charge in [-0.3, -0.25) is 0 Å². The monoisotopic (exact) mass is 634 g/mol. The zero-order chi connectivity index (χ0) is 13.7. The molecule has 102 valence electrons. The zero-order valence-corrected chi connectivity index (χ0v) is 18.4. The van der Waals surface area contributed by atoms with Crippen molar-refractivity contribution in [2.24, 2.45) is 0 Å². The highest BCUT2D eigenvalue weighted by molar-refractivity contribution is 9.14. The van der Waals surface area contributed by atoms with Gasteiger partial charge in [-0.2, -0.15) is 0 Å². The molecule has 2 nitrogen and oxygen atoms in total. The van der Waals surface area contributed by atoms with Crippen molar-refractivity contribution in [1.82, 2.24) is 0 Å². The Hall–Kier alpha value is 1.70. The van der Waals surface area contributed by atoms with Gasteiger partial charge >= 0.3 is 0 Å². The first kappa shape index (κ1) is 17.8. The summed E-state index contributed by atoms with van der Waals surface area (Å²) in [5.74, 6) is 1.47. The lowest BCUT2D eigenvalue weighted by Crippen LogP contribution is -2.03. The maximum absolute atomic E-state index is 5.67. The summed E-state index contributed by atoms with van der Waals surface area (Å²) in [4.78, 5) is 0. The third-order valence-electron chi connectivity index (χ3n) is 1.83. The highest BCUT2D eigenvalue weighted by atomic mass is 79.9. The zero-order valence-electron chi connectivity index (χ0n) is 8.91. The van der Waals surface area contributed by atoms with E-state index in [0.717, 1.165) is 40.1 Å². The highest BCUT2D eigenvalue weighted by Gasteiger charge is 2.21. The van der Waals surface area contributed by atoms with Crippen LogP contribution in [0.25, 0.3) is 0 Å². The minimum atomic E-state index is 0.581. The Labute approximate surface area is 156 Å². The van der Waals surface area contributed by atoms with E-state index in [0.29, 0.717) is 13.2 Å². The van der Waals surface area contributed by atoms with Crippen LogP contribution in [0, 0.1) is 0 Å². The Kier molecular flexibility index (Phi) is 8.75. The molecule has 0 heterocycles. The lowest BCUT2D eigenvalue weighted by atomic mass is 10.3. The van der Waals surface area contributed by atoms with Gasteiger partial charge in [0.05, 0.1) is 31.1 Å². The van der Waals surface area contributed by atoms with Gasteiger partial charge in [0, 0.05) is 10.7 Å². The number of benzene rings is 1. The largest absolute Gasteiger partial charge is 0.490 e. The number of alkyl halides is 2. The van der Waals surface area contributed by atoms with Crippen molar-refractivity contribution in [3.05, 3.63) is 17.9 Å². The second-order valence-electron chi connectivity index (χ2n) is 2.99. The molecule has 0 aromatic heterocycles. The Morgan fingerprint density at radius 1 is 0.611 bits per heavy atom. The van der Waals surface area contributed by atoms with Gasteiger partial charge in [-0.15, -0.1) is 0 Å². The van der Waals surface area contributed by atoms with Crippen LogP contribution >= 0.6 is 95.6 Å². The van der Waals surface area contributed by atoms with E-state index in [1.165, 1.54) is 0 Å². The first-order chi connectivity index (χ1) is 8.54. The fourth-order valence-corrected chi connectivity index (χ4v) is 3.95. The fourth-order valence-electron chi connectivity index (χ4n) is 1.13. The molecule has 0 atom stereocenters. The Balaban J connectivity index is 3.18. The van der Waals surface area contributed by atoms with Gasteiger partial charge in [-0.1, -0.05) is 31.9 Å². The summed E-state index contributed by atoms with van der Waals surface area (Å²) in [5, 5.41) is 1.53. The third-order valence-corrected chi connectivity index (χ3v) is 6.57. The molecular weight excluding hydrogens is 632 g/mol. The van der Waals surface area contributed by atoms with Gasteiger partial charge in [0.25, 0.3) is 0 Å². The Bertz CT molecular complexity index is 355. The molecule has 1 aromatic carbocycles. The number of ether oxygens (including phenoxy) is 2. The summed E-state index contributed by atoms with van der Waals surface area (Å²) in [6, 6.07) is 0. The Morgan fingerprint density at radius 2 is 0.889 bits per heavy atom. The summed E-state index contributed by atoms with van der Waals surface area (Å²) in [6.45, 7) is 1.16. The van der Waals surface area contributed by atoms with Crippen molar-refractivity contribution < 1.29 is 9.47 Å². The van der Waals surface area contributed by atoms with E-state index in [1.807, 2.05) is 0 Å². The molecular formula is C10H8Br6O2. The lowest BCUT2D eigenvalue weighted by molar-refractivity contribution is 0.328. The van der Waals surface area contributed by atoms with Crippen molar-refractivity contribution in [3.8, 4) is 11.5 Å². The van der Waals surface area contributed by atoms with Gasteiger partial charge in [-0.25, -0.2) is 0 Å². The topological polar surface area (TPSA) is 18.5 Å². The van der Waals surface area contributed by atoms with Crippen molar-refractivity contribution >= 4 is 95.6 Å². The molecule has 0 aliphatic rings. The fraction of sp³-hybridized carbons (Fsp3) is 0.400. The molecule has 0 saturated carbocycles. The molecule has 0 aliphatic heterocycles. The van der Waals surface area contributed by atoms with Gasteiger partial charge in [0.15, 0.2) is 0 Å². The average Bonchev–Trinajstić information content (AvgIpc) is 2.37. The minimum Gasteiger partial charge on any atom is -0.490 e. The maximum Gasteiger partial charge on any atom is 0.150 e. The van der Waals surface area contributed by atoms with E-state index in [9.17, 15) is 0 Å². The molecule has 8 heteroatoms. The molecule has 18 heavy (non-hydrogen) atoms. The molecule has 0 spiro atoms. The van der Waals surface area contributed by atoms with Crippen LogP contribution in [0.15, 0.2) is 17.9 Å². The number of hydrogen-bond donors (Lipinski definition) is 0. The summed E-state index contributed by atoms with van der Waals surface area (Å²) in [7, 11) is 0. The van der Waals surface area contributed by atoms with E-state index < -0.39 is 0 Å². The predicted molar refractivity (Wildman–Crippen MR) is 95.8 cm³/mol. The predicted octanol–water partition coefficient (Wildman–Crippen LogP) is 6.28. The van der Waals surface area contributed by atoms with Crippen LogP contribution in [0.1, 0.15) is 0 Å². The molecule has 0 aliphatic carbocycles.